The number of primary amides is 1. The molecule has 2 heterocycles. The van der Waals surface area contributed by atoms with E-state index in [1.165, 1.54) is 0 Å². The monoisotopic (exact) mass is 283 g/mol. The first-order valence-corrected chi connectivity index (χ1v) is 7.38. The number of urea groups is 1. The highest BCUT2D eigenvalue weighted by molar-refractivity contribution is 6.04. The molecule has 0 bridgehead atoms. The quantitative estimate of drug-likeness (QED) is 0.763. The summed E-state index contributed by atoms with van der Waals surface area (Å²) >= 11 is 0. The van der Waals surface area contributed by atoms with E-state index >= 15 is 0 Å². The van der Waals surface area contributed by atoms with Crippen LogP contribution in [0.5, 0.6) is 0 Å². The van der Waals surface area contributed by atoms with E-state index in [9.17, 15) is 14.4 Å². The number of nitrogens with two attached hydrogens (primary N) is 1. The number of fused-ring (bicyclic) bond motifs is 1. The minimum atomic E-state index is -0.209. The first kappa shape index (κ1) is 16.5. The van der Waals surface area contributed by atoms with Crippen LogP contribution in [0.4, 0.5) is 4.79 Å². The molecule has 0 spiro atoms. The molecule has 2 aliphatic heterocycles. The van der Waals surface area contributed by atoms with Gasteiger partial charge < -0.3 is 10.6 Å². The van der Waals surface area contributed by atoms with Crippen LogP contribution in [0.3, 0.4) is 0 Å². The maximum absolute atomic E-state index is 11.0. The predicted molar refractivity (Wildman–Crippen MR) is 75.8 cm³/mol. The van der Waals surface area contributed by atoms with Crippen molar-refractivity contribution in [2.24, 2.45) is 11.7 Å². The Labute approximate surface area is 120 Å². The number of hydrogen-bond donors (Lipinski definition) is 2. The molecule has 2 saturated heterocycles. The van der Waals surface area contributed by atoms with E-state index in [1.54, 1.807) is 4.90 Å². The predicted octanol–water partition coefficient (Wildman–Crippen LogP) is 1.39. The molecular formula is C14H25N3O3. The number of nitrogens with one attached hydrogen (secondary N) is 1. The molecule has 2 fully saturated rings. The van der Waals surface area contributed by atoms with Crippen LogP contribution in [0.2, 0.25) is 0 Å². The number of nitrogens with zero attached hydrogens (tertiary/aromatic N) is 1. The minimum absolute atomic E-state index is 0.0601. The fourth-order valence-corrected chi connectivity index (χ4v) is 2.36. The number of unbranched alkanes of at least 4 members (excludes halogenated alkanes) is 1. The topological polar surface area (TPSA) is 92.5 Å². The van der Waals surface area contributed by atoms with E-state index in [0.29, 0.717) is 0 Å². The average Bonchev–Trinajstić information content (AvgIpc) is 2.72. The van der Waals surface area contributed by atoms with Crippen molar-refractivity contribution in [1.29, 1.82) is 0 Å². The van der Waals surface area contributed by atoms with Gasteiger partial charge in [-0.15, -0.1) is 0 Å². The van der Waals surface area contributed by atoms with Crippen LogP contribution in [-0.4, -0.2) is 35.3 Å². The molecule has 2 aliphatic rings. The first-order chi connectivity index (χ1) is 9.47. The van der Waals surface area contributed by atoms with Crippen LogP contribution < -0.4 is 11.1 Å². The normalized spacial score (nSPS) is 22.5. The van der Waals surface area contributed by atoms with Crippen molar-refractivity contribution < 1.29 is 14.4 Å². The Hall–Kier alpha value is -1.59. The third kappa shape index (κ3) is 4.51. The van der Waals surface area contributed by atoms with Crippen LogP contribution in [0.25, 0.3) is 0 Å². The summed E-state index contributed by atoms with van der Waals surface area (Å²) in [4.78, 5) is 34.1. The van der Waals surface area contributed by atoms with Gasteiger partial charge in [0.2, 0.25) is 5.91 Å². The molecule has 3 N–H and O–H groups in total. The number of carbonyl (C=O) groups is 3. The number of imide groups is 1. The summed E-state index contributed by atoms with van der Waals surface area (Å²) in [6, 6.07) is -0.365. The van der Waals surface area contributed by atoms with Crippen LogP contribution in [0.15, 0.2) is 0 Å². The molecule has 114 valence electrons. The summed E-state index contributed by atoms with van der Waals surface area (Å²) in [6.45, 7) is 4.72. The molecule has 20 heavy (non-hydrogen) atoms. The number of carbonyl (C=O) groups excluding carboxylic acids is 3. The van der Waals surface area contributed by atoms with Gasteiger partial charge in [-0.25, -0.2) is 4.79 Å². The van der Waals surface area contributed by atoms with Gasteiger partial charge in [0.25, 0.3) is 5.91 Å². The third-order valence-electron chi connectivity index (χ3n) is 3.77. The van der Waals surface area contributed by atoms with Crippen molar-refractivity contribution in [3.05, 3.63) is 0 Å². The van der Waals surface area contributed by atoms with E-state index in [0.717, 1.165) is 45.1 Å². The molecule has 0 aromatic rings. The smallest absolute Gasteiger partial charge is 0.324 e. The Morgan fingerprint density at radius 3 is 2.70 bits per heavy atom. The molecule has 2 rings (SSSR count). The molecule has 0 aromatic heterocycles. The third-order valence-corrected chi connectivity index (χ3v) is 3.77. The van der Waals surface area contributed by atoms with Crippen LogP contribution in [-0.2, 0) is 9.59 Å². The SMILES string of the molecule is CCCCC(C)C(N)=O.O=C1NC(=O)N2CCCCC12. The van der Waals surface area contributed by atoms with E-state index in [4.69, 9.17) is 5.73 Å². The average molecular weight is 283 g/mol. The summed E-state index contributed by atoms with van der Waals surface area (Å²) in [5, 5.41) is 2.31. The Kier molecular flexibility index (Phi) is 6.48. The zero-order chi connectivity index (χ0) is 15.1. The summed E-state index contributed by atoms with van der Waals surface area (Å²) in [5.41, 5.74) is 5.04. The zero-order valence-electron chi connectivity index (χ0n) is 12.4. The summed E-state index contributed by atoms with van der Waals surface area (Å²) < 4.78 is 0. The number of rotatable bonds is 4. The van der Waals surface area contributed by atoms with Crippen LogP contribution in [0.1, 0.15) is 52.4 Å². The Bertz CT molecular complexity index is 349. The fourth-order valence-electron chi connectivity index (χ4n) is 2.36. The van der Waals surface area contributed by atoms with Crippen molar-refractivity contribution in [2.45, 2.75) is 58.4 Å². The Balaban J connectivity index is 0.000000206. The van der Waals surface area contributed by atoms with Gasteiger partial charge in [0.1, 0.15) is 6.04 Å². The van der Waals surface area contributed by atoms with Crippen molar-refractivity contribution in [3.8, 4) is 0 Å². The molecule has 2 atom stereocenters. The maximum Gasteiger partial charge on any atom is 0.324 e. The minimum Gasteiger partial charge on any atom is -0.369 e. The lowest BCUT2D eigenvalue weighted by atomic mass is 10.0. The molecule has 4 amide bonds. The van der Waals surface area contributed by atoms with Crippen LogP contribution >= 0.6 is 0 Å². The lowest BCUT2D eigenvalue weighted by Gasteiger charge is -2.25. The molecule has 0 aromatic carbocycles. The lowest BCUT2D eigenvalue weighted by molar-refractivity contribution is -0.122. The first-order valence-electron chi connectivity index (χ1n) is 7.38. The molecule has 0 aliphatic carbocycles. The van der Waals surface area contributed by atoms with Crippen LogP contribution in [0, 0.1) is 5.92 Å². The molecule has 2 unspecified atom stereocenters. The van der Waals surface area contributed by atoms with Gasteiger partial charge in [-0.2, -0.15) is 0 Å². The maximum atomic E-state index is 11.0. The van der Waals surface area contributed by atoms with Crippen molar-refractivity contribution in [2.75, 3.05) is 6.54 Å². The lowest BCUT2D eigenvalue weighted by Crippen LogP contribution is -2.38. The molecule has 6 heteroatoms. The second-order valence-corrected chi connectivity index (χ2v) is 5.45. The van der Waals surface area contributed by atoms with Gasteiger partial charge in [0, 0.05) is 12.5 Å². The number of amides is 4. The van der Waals surface area contributed by atoms with Gasteiger partial charge in [-0.05, 0) is 25.7 Å². The Morgan fingerprint density at radius 2 is 2.15 bits per heavy atom. The van der Waals surface area contributed by atoms with Gasteiger partial charge in [-0.3, -0.25) is 14.9 Å². The highest BCUT2D eigenvalue weighted by Gasteiger charge is 2.39. The highest BCUT2D eigenvalue weighted by Crippen LogP contribution is 2.20. The van der Waals surface area contributed by atoms with E-state index in [2.05, 4.69) is 12.2 Å². The van der Waals surface area contributed by atoms with Crippen molar-refractivity contribution >= 4 is 17.8 Å². The van der Waals surface area contributed by atoms with E-state index < -0.39 is 0 Å². The standard InChI is InChI=1S/C7H10N2O2.C7H15NO/c10-6-5-3-1-2-4-9(5)7(11)8-6;1-3-4-5-6(2)7(8)9/h5H,1-4H2,(H,8,10,11);6H,3-5H2,1-2H3,(H2,8,9). The summed E-state index contributed by atoms with van der Waals surface area (Å²) in [6.07, 6.45) is 6.09. The molecular weight excluding hydrogens is 258 g/mol. The van der Waals surface area contributed by atoms with Crippen molar-refractivity contribution in [3.63, 3.8) is 0 Å². The van der Waals surface area contributed by atoms with E-state index in [1.807, 2.05) is 6.92 Å². The Morgan fingerprint density at radius 1 is 1.45 bits per heavy atom. The van der Waals surface area contributed by atoms with Gasteiger partial charge >= 0.3 is 6.03 Å². The largest absolute Gasteiger partial charge is 0.369 e. The zero-order valence-corrected chi connectivity index (χ0v) is 12.4. The fraction of sp³-hybridized carbons (Fsp3) is 0.786. The summed E-state index contributed by atoms with van der Waals surface area (Å²) in [5.74, 6) is -0.233. The molecule has 0 radical (unpaired) electrons. The highest BCUT2D eigenvalue weighted by atomic mass is 16.2. The van der Waals surface area contributed by atoms with Crippen molar-refractivity contribution in [1.82, 2.24) is 10.2 Å². The second-order valence-electron chi connectivity index (χ2n) is 5.45. The van der Waals surface area contributed by atoms with Gasteiger partial charge in [0.05, 0.1) is 0 Å². The van der Waals surface area contributed by atoms with Gasteiger partial charge in [0.15, 0.2) is 0 Å². The molecule has 0 saturated carbocycles. The molecule has 6 nitrogen and oxygen atoms in total. The number of piperidine rings is 1. The second kappa shape index (κ2) is 7.87. The van der Waals surface area contributed by atoms with E-state index in [-0.39, 0.29) is 29.8 Å². The van der Waals surface area contributed by atoms with Gasteiger partial charge in [-0.1, -0.05) is 26.7 Å². The number of hydrogen-bond acceptors (Lipinski definition) is 3. The summed E-state index contributed by atoms with van der Waals surface area (Å²) in [7, 11) is 0.